The Bertz CT molecular complexity index is 275. The predicted octanol–water partition coefficient (Wildman–Crippen LogP) is 1.89. The van der Waals surface area contributed by atoms with Crippen molar-refractivity contribution in [2.75, 3.05) is 6.54 Å². The van der Waals surface area contributed by atoms with E-state index in [4.69, 9.17) is 0 Å². The fraction of sp³-hybridized carbons (Fsp3) is 0.250. The number of carbonyl (C=O) groups is 1. The number of amides is 1. The summed E-state index contributed by atoms with van der Waals surface area (Å²) in [6.45, 7) is 4.31. The molecule has 0 fully saturated rings. The topological polar surface area (TPSA) is 43.2 Å². The first-order valence-corrected chi connectivity index (χ1v) is 4.85. The molecule has 3 heteroatoms. The Balaban J connectivity index is 3.55. The number of hydrogen-bond donors (Lipinski definition) is 1. The van der Waals surface area contributed by atoms with E-state index in [9.17, 15) is 4.79 Å². The molecule has 81 valence electrons. The number of hydrogen-bond acceptors (Lipinski definition) is 1. The van der Waals surface area contributed by atoms with Crippen LogP contribution in [-0.4, -0.2) is 12.5 Å². The average Bonchev–Trinajstić information content (AvgIpc) is 2.23. The van der Waals surface area contributed by atoms with Gasteiger partial charge in [-0.3, -0.25) is 10.2 Å². The zero-order valence-electron chi connectivity index (χ0n) is 9.18. The summed E-state index contributed by atoms with van der Waals surface area (Å²) >= 11 is 0. The SMILES string of the molecule is CC=CC=CC[N]NC(=O)C=CC=CC. The largest absolute Gasteiger partial charge is 0.270 e. The molecule has 0 unspecified atom stereocenters. The predicted molar refractivity (Wildman–Crippen MR) is 63.1 cm³/mol. The highest BCUT2D eigenvalue weighted by Crippen LogP contribution is 1.77. The fourth-order valence-electron chi connectivity index (χ4n) is 0.718. The van der Waals surface area contributed by atoms with E-state index >= 15 is 0 Å². The summed E-state index contributed by atoms with van der Waals surface area (Å²) in [5.41, 5.74) is 6.23. The van der Waals surface area contributed by atoms with Crippen molar-refractivity contribution in [1.82, 2.24) is 10.9 Å². The number of rotatable bonds is 6. The van der Waals surface area contributed by atoms with Crippen LogP contribution in [-0.2, 0) is 4.79 Å². The van der Waals surface area contributed by atoms with Crippen molar-refractivity contribution in [3.63, 3.8) is 0 Å². The van der Waals surface area contributed by atoms with Crippen LogP contribution in [0.15, 0.2) is 48.6 Å². The molecule has 0 spiro atoms. The van der Waals surface area contributed by atoms with Crippen molar-refractivity contribution < 1.29 is 4.79 Å². The first-order chi connectivity index (χ1) is 7.31. The van der Waals surface area contributed by atoms with Crippen LogP contribution < -0.4 is 10.9 Å². The molecule has 0 rings (SSSR count). The maximum absolute atomic E-state index is 11.0. The maximum atomic E-state index is 11.0. The van der Waals surface area contributed by atoms with Crippen molar-refractivity contribution in [2.45, 2.75) is 13.8 Å². The third-order valence-electron chi connectivity index (χ3n) is 1.38. The monoisotopic (exact) mass is 205 g/mol. The highest BCUT2D eigenvalue weighted by molar-refractivity contribution is 5.87. The van der Waals surface area contributed by atoms with E-state index in [0.717, 1.165) is 0 Å². The van der Waals surface area contributed by atoms with Crippen LogP contribution in [0.3, 0.4) is 0 Å². The molecule has 0 aliphatic heterocycles. The molecule has 0 bridgehead atoms. The smallest absolute Gasteiger partial charge is 0.259 e. The van der Waals surface area contributed by atoms with Crippen molar-refractivity contribution in [2.24, 2.45) is 0 Å². The molecule has 1 N–H and O–H groups in total. The average molecular weight is 205 g/mol. The molecule has 0 heterocycles. The van der Waals surface area contributed by atoms with Gasteiger partial charge in [-0.25, -0.2) is 0 Å². The third-order valence-corrected chi connectivity index (χ3v) is 1.38. The van der Waals surface area contributed by atoms with Gasteiger partial charge >= 0.3 is 0 Å². The van der Waals surface area contributed by atoms with Gasteiger partial charge in [-0.15, -0.1) is 5.43 Å². The van der Waals surface area contributed by atoms with Gasteiger partial charge in [-0.1, -0.05) is 42.5 Å². The summed E-state index contributed by atoms with van der Waals surface area (Å²) < 4.78 is 0. The van der Waals surface area contributed by atoms with Crippen LogP contribution in [0.5, 0.6) is 0 Å². The molecule has 15 heavy (non-hydrogen) atoms. The summed E-state index contributed by atoms with van der Waals surface area (Å²) in [7, 11) is 0. The van der Waals surface area contributed by atoms with Gasteiger partial charge in [-0.2, -0.15) is 0 Å². The standard InChI is InChI=1S/C12H17N2O/c1-3-5-7-9-11-13-14-12(15)10-8-6-4-2/h3-10H,11H2,1-2H3,(H,14,15). The Labute approximate surface area is 91.2 Å². The number of allylic oxidation sites excluding steroid dienone is 6. The van der Waals surface area contributed by atoms with Gasteiger partial charge in [0.25, 0.3) is 5.91 Å². The van der Waals surface area contributed by atoms with Crippen LogP contribution in [0, 0.1) is 0 Å². The minimum absolute atomic E-state index is 0.215. The van der Waals surface area contributed by atoms with Crippen LogP contribution in [0.1, 0.15) is 13.8 Å². The Hall–Kier alpha value is -1.61. The summed E-state index contributed by atoms with van der Waals surface area (Å²) in [5.74, 6) is -0.215. The van der Waals surface area contributed by atoms with Gasteiger partial charge in [0.2, 0.25) is 0 Å². The number of nitrogens with zero attached hydrogens (tertiary/aromatic N) is 1. The molecular weight excluding hydrogens is 188 g/mol. The van der Waals surface area contributed by atoms with Crippen LogP contribution >= 0.6 is 0 Å². The summed E-state index contributed by atoms with van der Waals surface area (Å²) in [5, 5.41) is 0. The van der Waals surface area contributed by atoms with Crippen LogP contribution in [0.25, 0.3) is 0 Å². The van der Waals surface area contributed by atoms with Gasteiger partial charge in [-0.05, 0) is 13.8 Å². The zero-order chi connectivity index (χ0) is 11.4. The molecule has 0 aliphatic rings. The van der Waals surface area contributed by atoms with Crippen molar-refractivity contribution in [3.05, 3.63) is 48.6 Å². The first-order valence-electron chi connectivity index (χ1n) is 4.85. The zero-order valence-corrected chi connectivity index (χ0v) is 9.18. The van der Waals surface area contributed by atoms with E-state index in [-0.39, 0.29) is 5.91 Å². The Morgan fingerprint density at radius 1 is 1.13 bits per heavy atom. The Morgan fingerprint density at radius 2 is 1.80 bits per heavy atom. The molecule has 0 aliphatic carbocycles. The minimum atomic E-state index is -0.215. The van der Waals surface area contributed by atoms with E-state index in [1.165, 1.54) is 6.08 Å². The van der Waals surface area contributed by atoms with Gasteiger partial charge in [0.15, 0.2) is 0 Å². The van der Waals surface area contributed by atoms with Crippen LogP contribution in [0.4, 0.5) is 0 Å². The fourth-order valence-corrected chi connectivity index (χ4v) is 0.718. The van der Waals surface area contributed by atoms with E-state index < -0.39 is 0 Å². The molecule has 0 saturated heterocycles. The third kappa shape index (κ3) is 10.3. The Kier molecular flexibility index (Phi) is 9.35. The van der Waals surface area contributed by atoms with Crippen LogP contribution in [0.2, 0.25) is 0 Å². The molecule has 0 aromatic heterocycles. The van der Waals surface area contributed by atoms with Gasteiger partial charge in [0, 0.05) is 6.08 Å². The second kappa shape index (κ2) is 10.5. The lowest BCUT2D eigenvalue weighted by atomic mass is 10.4. The van der Waals surface area contributed by atoms with Crippen molar-refractivity contribution in [1.29, 1.82) is 0 Å². The lowest BCUT2D eigenvalue weighted by Gasteiger charge is -1.96. The van der Waals surface area contributed by atoms with Gasteiger partial charge < -0.3 is 0 Å². The van der Waals surface area contributed by atoms with Gasteiger partial charge in [0.1, 0.15) is 0 Å². The normalized spacial score (nSPS) is 12.4. The molecular formula is C12H17N2O. The number of nitrogens with one attached hydrogen (secondary N) is 1. The molecule has 3 nitrogen and oxygen atoms in total. The van der Waals surface area contributed by atoms with Gasteiger partial charge in [0.05, 0.1) is 6.54 Å². The summed E-state index contributed by atoms with van der Waals surface area (Å²) in [4.78, 5) is 11.0. The molecule has 0 saturated carbocycles. The van der Waals surface area contributed by atoms with E-state index in [2.05, 4.69) is 10.9 Å². The van der Waals surface area contributed by atoms with E-state index in [0.29, 0.717) is 6.54 Å². The highest BCUT2D eigenvalue weighted by atomic mass is 16.2. The molecule has 0 aromatic rings. The minimum Gasteiger partial charge on any atom is -0.270 e. The van der Waals surface area contributed by atoms with Crippen molar-refractivity contribution in [3.8, 4) is 0 Å². The molecule has 0 aromatic carbocycles. The second-order valence-electron chi connectivity index (χ2n) is 2.66. The maximum Gasteiger partial charge on any atom is 0.259 e. The molecule has 1 radical (unpaired) electrons. The molecule has 0 atom stereocenters. The first kappa shape index (κ1) is 13.4. The summed E-state index contributed by atoms with van der Waals surface area (Å²) in [6, 6.07) is 0. The summed E-state index contributed by atoms with van der Waals surface area (Å²) in [6.07, 6.45) is 14.3. The molecule has 1 amide bonds. The number of carbonyl (C=O) groups excluding carboxylic acids is 1. The second-order valence-corrected chi connectivity index (χ2v) is 2.66. The van der Waals surface area contributed by atoms with Crippen molar-refractivity contribution >= 4 is 5.91 Å². The Morgan fingerprint density at radius 3 is 2.47 bits per heavy atom. The lowest BCUT2D eigenvalue weighted by molar-refractivity contribution is -0.117. The van der Waals surface area contributed by atoms with E-state index in [1.54, 1.807) is 12.2 Å². The van der Waals surface area contributed by atoms with E-state index in [1.807, 2.05) is 44.2 Å². The highest BCUT2D eigenvalue weighted by Gasteiger charge is 1.90. The quantitative estimate of drug-likeness (QED) is 0.306. The lowest BCUT2D eigenvalue weighted by Crippen LogP contribution is -2.29.